The predicted molar refractivity (Wildman–Crippen MR) is 37.5 cm³/mol. The Balaban J connectivity index is 3.12. The number of carbonyl (C=O) groups is 2. The quantitative estimate of drug-likeness (QED) is 0.527. The third kappa shape index (κ3) is 1.34. The summed E-state index contributed by atoms with van der Waals surface area (Å²) >= 11 is 0. The first-order valence-electron chi connectivity index (χ1n) is 3.11. The van der Waals surface area contributed by atoms with Crippen molar-refractivity contribution in [3.63, 3.8) is 0 Å². The Labute approximate surface area is 67.3 Å². The van der Waals surface area contributed by atoms with Crippen LogP contribution >= 0.6 is 0 Å². The highest BCUT2D eigenvalue weighted by atomic mass is 19.1. The van der Waals surface area contributed by atoms with Gasteiger partial charge in [0.25, 0.3) is 0 Å². The van der Waals surface area contributed by atoms with Gasteiger partial charge in [0.2, 0.25) is 0 Å². The van der Waals surface area contributed by atoms with E-state index < -0.39 is 11.9 Å². The van der Waals surface area contributed by atoms with Gasteiger partial charge < -0.3 is 9.72 Å². The van der Waals surface area contributed by atoms with Gasteiger partial charge >= 0.3 is 5.97 Å². The van der Waals surface area contributed by atoms with Crippen molar-refractivity contribution in [2.75, 3.05) is 7.11 Å². The molecule has 0 amide bonds. The summed E-state index contributed by atoms with van der Waals surface area (Å²) in [6.45, 7) is 0. The predicted octanol–water partition coefficient (Wildman–Crippen LogP) is 0.753. The van der Waals surface area contributed by atoms with Gasteiger partial charge in [0, 0.05) is 6.07 Å². The number of H-pyrrole nitrogens is 1. The minimum Gasteiger partial charge on any atom is -0.465 e. The molecule has 4 nitrogen and oxygen atoms in total. The normalized spacial score (nSPS) is 9.50. The van der Waals surface area contributed by atoms with E-state index in [0.29, 0.717) is 6.29 Å². The molecule has 1 heterocycles. The molecule has 0 fully saturated rings. The molecule has 0 aromatic carbocycles. The van der Waals surface area contributed by atoms with Crippen molar-refractivity contribution in [1.29, 1.82) is 0 Å². The van der Waals surface area contributed by atoms with Crippen molar-refractivity contribution < 1.29 is 18.7 Å². The Morgan fingerprint density at radius 1 is 1.75 bits per heavy atom. The van der Waals surface area contributed by atoms with Crippen LogP contribution in [0, 0.1) is 5.95 Å². The maximum Gasteiger partial charge on any atom is 0.340 e. The SMILES string of the molecule is COC(=O)c1cc(F)[nH]c1C=O. The van der Waals surface area contributed by atoms with Crippen LogP contribution in [0.15, 0.2) is 6.07 Å². The zero-order chi connectivity index (χ0) is 9.14. The van der Waals surface area contributed by atoms with Gasteiger partial charge in [0.1, 0.15) is 0 Å². The molecule has 64 valence electrons. The van der Waals surface area contributed by atoms with E-state index in [4.69, 9.17) is 0 Å². The molecule has 0 atom stereocenters. The van der Waals surface area contributed by atoms with E-state index >= 15 is 0 Å². The molecule has 1 N–H and O–H groups in total. The summed E-state index contributed by atoms with van der Waals surface area (Å²) in [5, 5.41) is 0. The minimum atomic E-state index is -0.739. The average Bonchev–Trinajstić information content (AvgIpc) is 2.45. The monoisotopic (exact) mass is 171 g/mol. The second-order valence-corrected chi connectivity index (χ2v) is 2.05. The van der Waals surface area contributed by atoms with Crippen LogP contribution in [0.1, 0.15) is 20.8 Å². The van der Waals surface area contributed by atoms with Crippen LogP contribution in [0.4, 0.5) is 4.39 Å². The number of esters is 1. The Kier molecular flexibility index (Phi) is 2.23. The first kappa shape index (κ1) is 8.45. The maximum absolute atomic E-state index is 12.4. The Morgan fingerprint density at radius 3 is 2.92 bits per heavy atom. The first-order valence-corrected chi connectivity index (χ1v) is 3.11. The van der Waals surface area contributed by atoms with Gasteiger partial charge in [-0.2, -0.15) is 4.39 Å². The van der Waals surface area contributed by atoms with E-state index in [0.717, 1.165) is 13.2 Å². The summed E-state index contributed by atoms with van der Waals surface area (Å²) in [6, 6.07) is 0.912. The van der Waals surface area contributed by atoms with Gasteiger partial charge in [-0.25, -0.2) is 4.79 Å². The second kappa shape index (κ2) is 3.17. The third-order valence-electron chi connectivity index (χ3n) is 1.34. The van der Waals surface area contributed by atoms with Crippen molar-refractivity contribution in [3.8, 4) is 0 Å². The molecule has 0 saturated heterocycles. The topological polar surface area (TPSA) is 59.2 Å². The number of ether oxygens (including phenoxy) is 1. The highest BCUT2D eigenvalue weighted by Crippen LogP contribution is 2.08. The van der Waals surface area contributed by atoms with Crippen LogP contribution in [0.3, 0.4) is 0 Å². The number of rotatable bonds is 2. The molecule has 1 aromatic rings. The van der Waals surface area contributed by atoms with Crippen LogP contribution < -0.4 is 0 Å². The maximum atomic E-state index is 12.4. The summed E-state index contributed by atoms with van der Waals surface area (Å²) in [5.41, 5.74) is -0.204. The molecule has 0 saturated carbocycles. The van der Waals surface area contributed by atoms with E-state index in [1.165, 1.54) is 0 Å². The van der Waals surface area contributed by atoms with E-state index in [1.807, 2.05) is 0 Å². The lowest BCUT2D eigenvalue weighted by atomic mass is 10.2. The Morgan fingerprint density at radius 2 is 2.42 bits per heavy atom. The number of aromatic nitrogens is 1. The van der Waals surface area contributed by atoms with E-state index in [1.54, 1.807) is 0 Å². The zero-order valence-electron chi connectivity index (χ0n) is 6.26. The molecule has 0 spiro atoms. The number of hydrogen-bond acceptors (Lipinski definition) is 3. The highest BCUT2D eigenvalue weighted by Gasteiger charge is 2.14. The zero-order valence-corrected chi connectivity index (χ0v) is 6.26. The number of halogens is 1. The van der Waals surface area contributed by atoms with Crippen LogP contribution in [0.25, 0.3) is 0 Å². The number of carbonyl (C=O) groups excluding carboxylic acids is 2. The molecule has 1 aromatic heterocycles. The fourth-order valence-corrected chi connectivity index (χ4v) is 0.808. The lowest BCUT2D eigenvalue weighted by Crippen LogP contribution is -2.02. The van der Waals surface area contributed by atoms with Gasteiger partial charge in [-0.1, -0.05) is 0 Å². The third-order valence-corrected chi connectivity index (χ3v) is 1.34. The van der Waals surface area contributed by atoms with Crippen LogP contribution in [-0.2, 0) is 4.74 Å². The summed E-state index contributed by atoms with van der Waals surface area (Å²) in [7, 11) is 1.15. The standard InChI is InChI=1S/C7H6FNO3/c1-12-7(11)4-2-6(8)9-5(4)3-10/h2-3,9H,1H3. The van der Waals surface area contributed by atoms with Crippen LogP contribution in [0.5, 0.6) is 0 Å². The molecule has 12 heavy (non-hydrogen) atoms. The van der Waals surface area contributed by atoms with Gasteiger partial charge in [0.05, 0.1) is 18.4 Å². The lowest BCUT2D eigenvalue weighted by Gasteiger charge is -1.93. The van der Waals surface area contributed by atoms with Gasteiger partial charge in [0.15, 0.2) is 12.2 Å². The molecule has 0 aliphatic heterocycles. The largest absolute Gasteiger partial charge is 0.465 e. The number of aldehydes is 1. The van der Waals surface area contributed by atoms with E-state index in [2.05, 4.69) is 9.72 Å². The van der Waals surface area contributed by atoms with Crippen molar-refractivity contribution in [3.05, 3.63) is 23.3 Å². The fourth-order valence-electron chi connectivity index (χ4n) is 0.808. The molecular weight excluding hydrogens is 165 g/mol. The van der Waals surface area contributed by atoms with Crippen LogP contribution in [0.2, 0.25) is 0 Å². The van der Waals surface area contributed by atoms with Gasteiger partial charge in [-0.05, 0) is 0 Å². The van der Waals surface area contributed by atoms with Gasteiger partial charge in [-0.3, -0.25) is 4.79 Å². The number of hydrogen-bond donors (Lipinski definition) is 1. The minimum absolute atomic E-state index is 0.0926. The summed E-state index contributed by atoms with van der Waals surface area (Å²) < 4.78 is 16.8. The Bertz CT molecular complexity index is 318. The van der Waals surface area contributed by atoms with Crippen molar-refractivity contribution in [2.24, 2.45) is 0 Å². The van der Waals surface area contributed by atoms with Crippen LogP contribution in [-0.4, -0.2) is 24.3 Å². The summed E-state index contributed by atoms with van der Waals surface area (Å²) in [6.07, 6.45) is 0.356. The van der Waals surface area contributed by atoms with Gasteiger partial charge in [-0.15, -0.1) is 0 Å². The summed E-state index contributed by atoms with van der Waals surface area (Å²) in [5.74, 6) is -1.48. The van der Waals surface area contributed by atoms with Crippen molar-refractivity contribution in [1.82, 2.24) is 4.98 Å². The molecule has 0 bridgehead atoms. The van der Waals surface area contributed by atoms with Crippen molar-refractivity contribution in [2.45, 2.75) is 0 Å². The lowest BCUT2D eigenvalue weighted by molar-refractivity contribution is 0.0598. The number of aromatic amines is 1. The number of nitrogens with one attached hydrogen (secondary N) is 1. The smallest absolute Gasteiger partial charge is 0.340 e. The summed E-state index contributed by atoms with van der Waals surface area (Å²) in [4.78, 5) is 23.2. The molecule has 0 aliphatic rings. The molecule has 0 radical (unpaired) electrons. The average molecular weight is 171 g/mol. The van der Waals surface area contributed by atoms with E-state index in [-0.39, 0.29) is 11.3 Å². The van der Waals surface area contributed by atoms with E-state index in [9.17, 15) is 14.0 Å². The van der Waals surface area contributed by atoms with Crippen molar-refractivity contribution >= 4 is 12.3 Å². The fraction of sp³-hybridized carbons (Fsp3) is 0.143. The first-order chi connectivity index (χ1) is 5.69. The molecule has 0 aliphatic carbocycles. The molecule has 1 rings (SSSR count). The highest BCUT2D eigenvalue weighted by molar-refractivity contribution is 5.97. The molecule has 5 heteroatoms. The number of methoxy groups -OCH3 is 1. The molecule has 0 unspecified atom stereocenters. The Hall–Kier alpha value is -1.65. The molecular formula is C7H6FNO3. The second-order valence-electron chi connectivity index (χ2n) is 2.05.